The molecule has 1 aliphatic rings. The first kappa shape index (κ1) is 18.0. The predicted octanol–water partition coefficient (Wildman–Crippen LogP) is 3.58. The van der Waals surface area contributed by atoms with Crippen molar-refractivity contribution in [2.75, 3.05) is 0 Å². The van der Waals surface area contributed by atoms with Gasteiger partial charge in [-0.05, 0) is 23.6 Å². The molecule has 0 fully saturated rings. The minimum atomic E-state index is -0.625. The van der Waals surface area contributed by atoms with Crippen LogP contribution in [0.3, 0.4) is 0 Å². The van der Waals surface area contributed by atoms with E-state index in [-0.39, 0.29) is 28.5 Å². The maximum absolute atomic E-state index is 12.9. The van der Waals surface area contributed by atoms with Crippen LogP contribution in [0.4, 0.5) is 0 Å². The molecule has 0 bridgehead atoms. The summed E-state index contributed by atoms with van der Waals surface area (Å²) in [7, 11) is 0. The molecular weight excluding hydrogens is 411 g/mol. The zero-order chi connectivity index (χ0) is 19.0. The monoisotopic (exact) mass is 422 g/mol. The fourth-order valence-electron chi connectivity index (χ4n) is 2.79. The highest BCUT2D eigenvalue weighted by Crippen LogP contribution is 2.35. The van der Waals surface area contributed by atoms with Crippen molar-refractivity contribution in [3.05, 3.63) is 73.1 Å². The zero-order valence-electron chi connectivity index (χ0n) is 13.7. The third kappa shape index (κ3) is 3.43. The van der Waals surface area contributed by atoms with Gasteiger partial charge in [0.15, 0.2) is 0 Å². The van der Waals surface area contributed by atoms with Gasteiger partial charge in [-0.3, -0.25) is 9.59 Å². The topological polar surface area (TPSA) is 80.7 Å². The molecule has 0 saturated heterocycles. The van der Waals surface area contributed by atoms with Gasteiger partial charge in [-0.15, -0.1) is 11.3 Å². The molecule has 1 aliphatic heterocycles. The highest BCUT2D eigenvalue weighted by atomic mass is 35.5. The number of nitrogens with zero attached hydrogens (tertiary/aromatic N) is 4. The van der Waals surface area contributed by atoms with E-state index in [9.17, 15) is 9.59 Å². The molecule has 0 aliphatic carbocycles. The molecule has 4 heterocycles. The smallest absolute Gasteiger partial charge is 0.287 e. The Morgan fingerprint density at radius 2 is 2.19 bits per heavy atom. The summed E-state index contributed by atoms with van der Waals surface area (Å²) >= 11 is 13.2. The van der Waals surface area contributed by atoms with E-state index in [1.165, 1.54) is 22.5 Å². The molecule has 4 rings (SSSR count). The van der Waals surface area contributed by atoms with E-state index in [0.29, 0.717) is 17.9 Å². The largest absolute Gasteiger partial charge is 0.463 e. The number of furan rings is 1. The number of hydrazone groups is 1. The Morgan fingerprint density at radius 1 is 1.33 bits per heavy atom. The molecule has 0 saturated carbocycles. The quantitative estimate of drug-likeness (QED) is 0.643. The van der Waals surface area contributed by atoms with Crippen LogP contribution in [0.15, 0.2) is 56.4 Å². The number of thiophene rings is 1. The van der Waals surface area contributed by atoms with Crippen LogP contribution >= 0.6 is 34.5 Å². The number of carbonyl (C=O) groups is 1. The normalized spacial score (nSPS) is 16.6. The fourth-order valence-corrected chi connectivity index (χ4v) is 3.88. The first-order valence-corrected chi connectivity index (χ1v) is 9.56. The maximum atomic E-state index is 12.9. The van der Waals surface area contributed by atoms with Crippen molar-refractivity contribution >= 4 is 46.2 Å². The number of carbonyl (C=O) groups excluding carboxylic acids is 1. The maximum Gasteiger partial charge on any atom is 0.287 e. The molecule has 138 valence electrons. The second-order valence-electron chi connectivity index (χ2n) is 5.77. The summed E-state index contributed by atoms with van der Waals surface area (Å²) < 4.78 is 6.39. The molecule has 0 radical (unpaired) electrons. The third-order valence-corrected chi connectivity index (χ3v) is 5.79. The SMILES string of the molecule is O=C(Cn1ncc(Cl)c(Cl)c1=O)N1N=C(c2ccco2)C[C@@H]1c1cccs1. The van der Waals surface area contributed by atoms with Gasteiger partial charge < -0.3 is 4.42 Å². The molecule has 1 atom stereocenters. The van der Waals surface area contributed by atoms with Crippen molar-refractivity contribution in [2.45, 2.75) is 19.0 Å². The summed E-state index contributed by atoms with van der Waals surface area (Å²) in [4.78, 5) is 26.1. The van der Waals surface area contributed by atoms with E-state index in [1.54, 1.807) is 18.4 Å². The fraction of sp³-hybridized carbons (Fsp3) is 0.176. The molecule has 3 aromatic rings. The predicted molar refractivity (Wildman–Crippen MR) is 102 cm³/mol. The number of halogens is 2. The molecule has 0 unspecified atom stereocenters. The van der Waals surface area contributed by atoms with Crippen molar-refractivity contribution in [1.82, 2.24) is 14.8 Å². The zero-order valence-corrected chi connectivity index (χ0v) is 16.0. The lowest BCUT2D eigenvalue weighted by molar-refractivity contribution is -0.133. The van der Waals surface area contributed by atoms with Gasteiger partial charge in [0.05, 0.1) is 23.5 Å². The van der Waals surface area contributed by atoms with Gasteiger partial charge in [-0.25, -0.2) is 9.69 Å². The molecule has 0 aromatic carbocycles. The van der Waals surface area contributed by atoms with E-state index in [4.69, 9.17) is 27.6 Å². The minimum Gasteiger partial charge on any atom is -0.463 e. The van der Waals surface area contributed by atoms with Crippen molar-refractivity contribution in [3.8, 4) is 0 Å². The first-order valence-electron chi connectivity index (χ1n) is 7.92. The second kappa shape index (κ2) is 7.30. The van der Waals surface area contributed by atoms with Crippen molar-refractivity contribution < 1.29 is 9.21 Å². The summed E-state index contributed by atoms with van der Waals surface area (Å²) in [6.45, 7) is -0.299. The van der Waals surface area contributed by atoms with Gasteiger partial charge in [0.1, 0.15) is 23.0 Å². The van der Waals surface area contributed by atoms with Crippen LogP contribution in [0, 0.1) is 0 Å². The lowest BCUT2D eigenvalue weighted by atomic mass is 10.1. The van der Waals surface area contributed by atoms with Gasteiger partial charge in [0.2, 0.25) is 0 Å². The van der Waals surface area contributed by atoms with Crippen LogP contribution in [0.2, 0.25) is 10.0 Å². The number of rotatable bonds is 4. The second-order valence-corrected chi connectivity index (χ2v) is 7.53. The van der Waals surface area contributed by atoms with Crippen LogP contribution in [0.1, 0.15) is 23.1 Å². The van der Waals surface area contributed by atoms with E-state index in [2.05, 4.69) is 10.2 Å². The minimum absolute atomic E-state index is 0.0427. The summed E-state index contributed by atoms with van der Waals surface area (Å²) in [5.74, 6) is 0.222. The standard InChI is InChI=1S/C17H12Cl2N4O3S/c18-10-8-20-22(17(25)16(10)19)9-15(24)23-12(14-4-2-6-27-14)7-11(21-23)13-3-1-5-26-13/h1-6,8,12H,7,9H2/t12-/m1/s1. The lowest BCUT2D eigenvalue weighted by Crippen LogP contribution is -2.35. The molecule has 0 N–H and O–H groups in total. The van der Waals surface area contributed by atoms with Crippen LogP contribution in [-0.4, -0.2) is 26.4 Å². The third-order valence-electron chi connectivity index (χ3n) is 4.07. The van der Waals surface area contributed by atoms with E-state index >= 15 is 0 Å². The molecule has 7 nitrogen and oxygen atoms in total. The number of amides is 1. The molecule has 3 aromatic heterocycles. The Hall–Kier alpha value is -2.42. The summed E-state index contributed by atoms with van der Waals surface area (Å²) in [5, 5.41) is 11.5. The average Bonchev–Trinajstić information content (AvgIpc) is 3.40. The lowest BCUT2D eigenvalue weighted by Gasteiger charge is -2.20. The van der Waals surface area contributed by atoms with Gasteiger partial charge in [-0.1, -0.05) is 29.3 Å². The van der Waals surface area contributed by atoms with Gasteiger partial charge in [-0.2, -0.15) is 10.2 Å². The average molecular weight is 423 g/mol. The van der Waals surface area contributed by atoms with Crippen molar-refractivity contribution in [3.63, 3.8) is 0 Å². The van der Waals surface area contributed by atoms with Gasteiger partial charge in [0.25, 0.3) is 11.5 Å². The summed E-state index contributed by atoms with van der Waals surface area (Å²) in [6.07, 6.45) is 3.31. The molecular formula is C17H12Cl2N4O3S. The number of hydrogen-bond acceptors (Lipinski definition) is 6. The first-order chi connectivity index (χ1) is 13.0. The van der Waals surface area contributed by atoms with Crippen molar-refractivity contribution in [1.29, 1.82) is 0 Å². The van der Waals surface area contributed by atoms with Crippen LogP contribution in [0.25, 0.3) is 0 Å². The molecule has 27 heavy (non-hydrogen) atoms. The van der Waals surface area contributed by atoms with Gasteiger partial charge in [0, 0.05) is 11.3 Å². The Kier molecular flexibility index (Phi) is 4.86. The van der Waals surface area contributed by atoms with Crippen LogP contribution in [0.5, 0.6) is 0 Å². The highest BCUT2D eigenvalue weighted by Gasteiger charge is 2.35. The van der Waals surface area contributed by atoms with E-state index in [0.717, 1.165) is 9.56 Å². The Morgan fingerprint density at radius 3 is 2.89 bits per heavy atom. The number of aromatic nitrogens is 2. The summed E-state index contributed by atoms with van der Waals surface area (Å²) in [5.41, 5.74) is 0.0424. The van der Waals surface area contributed by atoms with Crippen molar-refractivity contribution in [2.24, 2.45) is 5.10 Å². The number of hydrogen-bond donors (Lipinski definition) is 0. The Labute approximate surface area is 167 Å². The molecule has 10 heteroatoms. The Bertz CT molecular complexity index is 1060. The van der Waals surface area contributed by atoms with Crippen LogP contribution in [-0.2, 0) is 11.3 Å². The van der Waals surface area contributed by atoms with E-state index < -0.39 is 5.56 Å². The summed E-state index contributed by atoms with van der Waals surface area (Å²) in [6, 6.07) is 7.15. The van der Waals surface area contributed by atoms with E-state index in [1.807, 2.05) is 17.5 Å². The molecule has 1 amide bonds. The highest BCUT2D eigenvalue weighted by molar-refractivity contribution is 7.10. The Balaban J connectivity index is 1.65. The van der Waals surface area contributed by atoms with Gasteiger partial charge >= 0.3 is 0 Å². The molecule has 0 spiro atoms. The van der Waals surface area contributed by atoms with Crippen LogP contribution < -0.4 is 5.56 Å².